The van der Waals surface area contributed by atoms with Crippen molar-refractivity contribution in [1.82, 2.24) is 10.2 Å². The highest BCUT2D eigenvalue weighted by molar-refractivity contribution is 6.09. The highest BCUT2D eigenvalue weighted by Gasteiger charge is 2.43. The molecule has 3 atom stereocenters. The summed E-state index contributed by atoms with van der Waals surface area (Å²) in [6.45, 7) is 11.1. The molecule has 4 rings (SSSR count). The van der Waals surface area contributed by atoms with Crippen LogP contribution in [0.5, 0.6) is 0 Å². The number of nitrogens with zero attached hydrogens (tertiary/aromatic N) is 3. The smallest absolute Gasteiger partial charge is 0.407 e. The molecule has 42 heavy (non-hydrogen) atoms. The molecule has 1 aliphatic rings. The second-order valence-electron chi connectivity index (χ2n) is 12.3. The maximum Gasteiger partial charge on any atom is 0.407 e. The molecule has 9 nitrogen and oxygen atoms in total. The molecule has 3 aromatic carbocycles. The van der Waals surface area contributed by atoms with Gasteiger partial charge < -0.3 is 20.2 Å². The van der Waals surface area contributed by atoms with E-state index in [1.807, 2.05) is 76.2 Å². The van der Waals surface area contributed by atoms with Gasteiger partial charge in [-0.1, -0.05) is 69.3 Å². The molecule has 1 aliphatic heterocycles. The third-order valence-electron chi connectivity index (χ3n) is 7.96. The summed E-state index contributed by atoms with van der Waals surface area (Å²) in [6, 6.07) is 16.4. The molecule has 4 amide bonds. The van der Waals surface area contributed by atoms with Gasteiger partial charge in [0.05, 0.1) is 24.0 Å². The molecule has 0 fully saturated rings. The standard InChI is InChI=1S/C33H40N4O5/c1-20-16-17-23-12-8-9-13-24(23)25(20)19-36-26-14-10-11-15-27(26)37(22(3)38)21(2)29(31(36)40)34-30(39)28(18-33(4,5)6)35(7)32(41)42/h8-17,21,28-29H,18-19H2,1-7H3,(H,34,39)(H,41,42)/t21-,28-,29-/m0/s1. The Morgan fingerprint density at radius 3 is 2.24 bits per heavy atom. The molecule has 0 saturated heterocycles. The first-order valence-electron chi connectivity index (χ1n) is 14.1. The first-order valence-corrected chi connectivity index (χ1v) is 14.1. The average molecular weight is 573 g/mol. The monoisotopic (exact) mass is 572 g/mol. The van der Waals surface area contributed by atoms with Crippen LogP contribution in [0.1, 0.15) is 52.2 Å². The molecule has 222 valence electrons. The van der Waals surface area contributed by atoms with Crippen molar-refractivity contribution in [2.75, 3.05) is 16.8 Å². The van der Waals surface area contributed by atoms with Gasteiger partial charge in [0.15, 0.2) is 0 Å². The van der Waals surface area contributed by atoms with Crippen LogP contribution in [0.2, 0.25) is 0 Å². The van der Waals surface area contributed by atoms with Gasteiger partial charge in [-0.2, -0.15) is 0 Å². The zero-order valence-corrected chi connectivity index (χ0v) is 25.3. The van der Waals surface area contributed by atoms with E-state index in [0.29, 0.717) is 11.4 Å². The number of anilines is 2. The Morgan fingerprint density at radius 2 is 1.62 bits per heavy atom. The number of para-hydroxylation sites is 2. The van der Waals surface area contributed by atoms with Gasteiger partial charge in [-0.15, -0.1) is 0 Å². The first kappa shape index (κ1) is 30.6. The van der Waals surface area contributed by atoms with E-state index < -0.39 is 30.1 Å². The molecule has 9 heteroatoms. The van der Waals surface area contributed by atoms with Gasteiger partial charge >= 0.3 is 6.09 Å². The molecular weight excluding hydrogens is 532 g/mol. The van der Waals surface area contributed by atoms with E-state index in [2.05, 4.69) is 5.32 Å². The summed E-state index contributed by atoms with van der Waals surface area (Å²) >= 11 is 0. The molecule has 0 aromatic heterocycles. The molecule has 0 unspecified atom stereocenters. The van der Waals surface area contributed by atoms with Gasteiger partial charge in [0.2, 0.25) is 11.8 Å². The van der Waals surface area contributed by atoms with Crippen molar-refractivity contribution in [3.05, 3.63) is 71.8 Å². The lowest BCUT2D eigenvalue weighted by Gasteiger charge is -2.35. The summed E-state index contributed by atoms with van der Waals surface area (Å²) in [7, 11) is 1.35. The van der Waals surface area contributed by atoms with E-state index in [4.69, 9.17) is 0 Å². The fraction of sp³-hybridized carbons (Fsp3) is 0.394. The van der Waals surface area contributed by atoms with Gasteiger partial charge in [-0.05, 0) is 59.7 Å². The summed E-state index contributed by atoms with van der Waals surface area (Å²) in [5.74, 6) is -1.25. The molecule has 3 aromatic rings. The number of amides is 4. The summed E-state index contributed by atoms with van der Waals surface area (Å²) in [6.07, 6.45) is -1.00. The molecule has 0 radical (unpaired) electrons. The predicted octanol–water partition coefficient (Wildman–Crippen LogP) is 5.34. The maximum absolute atomic E-state index is 14.5. The Balaban J connectivity index is 1.83. The number of nitrogens with one attached hydrogen (secondary N) is 1. The summed E-state index contributed by atoms with van der Waals surface area (Å²) in [5.41, 5.74) is 2.72. The van der Waals surface area contributed by atoms with E-state index in [0.717, 1.165) is 26.8 Å². The number of aryl methyl sites for hydroxylation is 1. The molecular formula is C33H40N4O5. The maximum atomic E-state index is 14.5. The Labute approximate surface area is 247 Å². The molecule has 2 N–H and O–H groups in total. The number of likely N-dealkylation sites (N-methyl/N-ethyl adjacent to an activating group) is 1. The van der Waals surface area contributed by atoms with Crippen molar-refractivity contribution < 1.29 is 24.3 Å². The van der Waals surface area contributed by atoms with Crippen LogP contribution < -0.4 is 15.1 Å². The molecule has 0 bridgehead atoms. The molecule has 0 spiro atoms. The fourth-order valence-corrected chi connectivity index (χ4v) is 5.74. The SMILES string of the molecule is CC(=O)N1c2ccccc2N(Cc2c(C)ccc3ccccc23)C(=O)[C@@H](NC(=O)[C@H](CC(C)(C)C)N(C)C(=O)O)[C@@H]1C. The Morgan fingerprint density at radius 1 is 1.00 bits per heavy atom. The van der Waals surface area contributed by atoms with Crippen molar-refractivity contribution in [2.24, 2.45) is 5.41 Å². The second kappa shape index (κ2) is 11.8. The summed E-state index contributed by atoms with van der Waals surface area (Å²) in [4.78, 5) is 57.4. The lowest BCUT2D eigenvalue weighted by molar-refractivity contribution is -0.131. The van der Waals surface area contributed by atoms with Crippen LogP contribution in [-0.4, -0.2) is 59.0 Å². The number of rotatable bonds is 6. The van der Waals surface area contributed by atoms with E-state index in [1.165, 1.54) is 18.9 Å². The molecule has 1 heterocycles. The van der Waals surface area contributed by atoms with E-state index >= 15 is 0 Å². The summed E-state index contributed by atoms with van der Waals surface area (Å²) < 4.78 is 0. The minimum Gasteiger partial charge on any atom is -0.465 e. The first-order chi connectivity index (χ1) is 19.7. The van der Waals surface area contributed by atoms with Crippen LogP contribution in [0.4, 0.5) is 16.2 Å². The van der Waals surface area contributed by atoms with Gasteiger partial charge in [-0.3, -0.25) is 19.3 Å². The van der Waals surface area contributed by atoms with Gasteiger partial charge in [0, 0.05) is 14.0 Å². The van der Waals surface area contributed by atoms with Crippen LogP contribution in [-0.2, 0) is 20.9 Å². The lowest BCUT2D eigenvalue weighted by atomic mass is 9.87. The molecule has 0 saturated carbocycles. The number of fused-ring (bicyclic) bond motifs is 2. The number of carbonyl (C=O) groups is 4. The Kier molecular flexibility index (Phi) is 8.61. The van der Waals surface area contributed by atoms with Gasteiger partial charge in [0.25, 0.3) is 5.91 Å². The molecule has 0 aliphatic carbocycles. The Hall–Kier alpha value is -4.40. The zero-order valence-electron chi connectivity index (χ0n) is 25.3. The quantitative estimate of drug-likeness (QED) is 0.415. The fourth-order valence-electron chi connectivity index (χ4n) is 5.74. The average Bonchev–Trinajstić information content (AvgIpc) is 3.00. The van der Waals surface area contributed by atoms with Crippen molar-refractivity contribution in [1.29, 1.82) is 0 Å². The largest absolute Gasteiger partial charge is 0.465 e. The zero-order chi connectivity index (χ0) is 30.9. The number of carbonyl (C=O) groups excluding carboxylic acids is 3. The van der Waals surface area contributed by atoms with Crippen molar-refractivity contribution in [2.45, 2.75) is 72.6 Å². The highest BCUT2D eigenvalue weighted by atomic mass is 16.4. The van der Waals surface area contributed by atoms with Crippen LogP contribution in [0.3, 0.4) is 0 Å². The van der Waals surface area contributed by atoms with Crippen LogP contribution in [0.25, 0.3) is 10.8 Å². The van der Waals surface area contributed by atoms with Crippen molar-refractivity contribution >= 4 is 46.0 Å². The second-order valence-corrected chi connectivity index (χ2v) is 12.3. The van der Waals surface area contributed by atoms with Crippen LogP contribution in [0, 0.1) is 12.3 Å². The Bertz CT molecular complexity index is 1530. The van der Waals surface area contributed by atoms with E-state index in [-0.39, 0.29) is 30.2 Å². The normalized spacial score (nSPS) is 17.8. The van der Waals surface area contributed by atoms with Crippen LogP contribution >= 0.6 is 0 Å². The number of hydrogen-bond donors (Lipinski definition) is 2. The summed E-state index contributed by atoms with van der Waals surface area (Å²) in [5, 5.41) is 14.7. The third-order valence-corrected chi connectivity index (χ3v) is 7.96. The van der Waals surface area contributed by atoms with Gasteiger partial charge in [-0.25, -0.2) is 4.79 Å². The van der Waals surface area contributed by atoms with Crippen LogP contribution in [0.15, 0.2) is 60.7 Å². The minimum absolute atomic E-state index is 0.217. The van der Waals surface area contributed by atoms with E-state index in [1.54, 1.807) is 24.0 Å². The topological polar surface area (TPSA) is 110 Å². The number of hydrogen-bond acceptors (Lipinski definition) is 4. The minimum atomic E-state index is -1.24. The number of carboxylic acid groups (broad SMARTS) is 1. The van der Waals surface area contributed by atoms with Crippen molar-refractivity contribution in [3.8, 4) is 0 Å². The predicted molar refractivity (Wildman–Crippen MR) is 165 cm³/mol. The number of benzene rings is 3. The lowest BCUT2D eigenvalue weighted by Crippen LogP contribution is -2.60. The highest BCUT2D eigenvalue weighted by Crippen LogP contribution is 2.37. The van der Waals surface area contributed by atoms with Gasteiger partial charge in [0.1, 0.15) is 12.1 Å². The third kappa shape index (κ3) is 6.10. The van der Waals surface area contributed by atoms with E-state index in [9.17, 15) is 24.3 Å². The van der Waals surface area contributed by atoms with Crippen molar-refractivity contribution in [3.63, 3.8) is 0 Å².